The first-order chi connectivity index (χ1) is 16.5. The lowest BCUT2D eigenvalue weighted by molar-refractivity contribution is 0.193. The average molecular weight is 475 g/mol. The van der Waals surface area contributed by atoms with Crippen LogP contribution in [-0.2, 0) is 0 Å². The van der Waals surface area contributed by atoms with Crippen LogP contribution in [0.1, 0.15) is 18.3 Å². The van der Waals surface area contributed by atoms with E-state index < -0.39 is 12.1 Å². The maximum atomic E-state index is 13.8. The summed E-state index contributed by atoms with van der Waals surface area (Å²) < 4.78 is 3.09. The van der Waals surface area contributed by atoms with E-state index in [1.54, 1.807) is 35.2 Å². The molecular weight excluding hydrogens is 456 g/mol. The van der Waals surface area contributed by atoms with Gasteiger partial charge >= 0.3 is 0 Å². The van der Waals surface area contributed by atoms with Crippen molar-refractivity contribution < 1.29 is 5.11 Å². The zero-order chi connectivity index (χ0) is 23.4. The Labute approximate surface area is 197 Å². The Morgan fingerprint density at radius 1 is 1.09 bits per heavy atom. The normalized spacial score (nSPS) is 18.2. The van der Waals surface area contributed by atoms with Gasteiger partial charge in [0.15, 0.2) is 11.5 Å². The van der Waals surface area contributed by atoms with Crippen molar-refractivity contribution in [1.29, 1.82) is 0 Å². The highest BCUT2D eigenvalue weighted by Crippen LogP contribution is 2.37. The molecule has 1 saturated heterocycles. The van der Waals surface area contributed by atoms with E-state index in [1.807, 2.05) is 35.2 Å². The molecule has 2 atom stereocenters. The average Bonchev–Trinajstić information content (AvgIpc) is 3.45. The number of fused-ring (bicyclic) bond motifs is 2. The SMILES string of the molecule is Nc1nc(N2C[C@@H](O)C[C@H]2c2nc3cccc(Cl)c3c(=O)n2-c2ccccc2)c2nccn2n1. The molecule has 4 heterocycles. The number of hydrogen-bond acceptors (Lipinski definition) is 8. The van der Waals surface area contributed by atoms with E-state index in [4.69, 9.17) is 22.3 Å². The molecule has 1 aliphatic heterocycles. The molecule has 0 unspecified atom stereocenters. The molecule has 11 heteroatoms. The molecule has 10 nitrogen and oxygen atoms in total. The van der Waals surface area contributed by atoms with Crippen molar-refractivity contribution in [3.05, 3.63) is 82.1 Å². The van der Waals surface area contributed by atoms with Gasteiger partial charge in [0.05, 0.1) is 33.8 Å². The lowest BCUT2D eigenvalue weighted by Crippen LogP contribution is -2.32. The number of anilines is 2. The summed E-state index contributed by atoms with van der Waals surface area (Å²) in [5, 5.41) is 15.5. The maximum Gasteiger partial charge on any atom is 0.267 e. The van der Waals surface area contributed by atoms with E-state index in [9.17, 15) is 9.90 Å². The monoisotopic (exact) mass is 474 g/mol. The zero-order valence-electron chi connectivity index (χ0n) is 17.8. The Balaban J connectivity index is 1.63. The van der Waals surface area contributed by atoms with Crippen molar-refractivity contribution in [2.75, 3.05) is 17.2 Å². The van der Waals surface area contributed by atoms with Gasteiger partial charge in [-0.25, -0.2) is 14.5 Å². The predicted molar refractivity (Wildman–Crippen MR) is 128 cm³/mol. The van der Waals surface area contributed by atoms with Crippen LogP contribution in [-0.4, -0.2) is 46.9 Å². The van der Waals surface area contributed by atoms with Crippen LogP contribution in [0.2, 0.25) is 5.02 Å². The Bertz CT molecular complexity index is 1600. The minimum atomic E-state index is -0.674. The molecule has 0 aliphatic carbocycles. The summed E-state index contributed by atoms with van der Waals surface area (Å²) in [6, 6.07) is 13.9. The third-order valence-electron chi connectivity index (χ3n) is 5.99. The van der Waals surface area contributed by atoms with Crippen molar-refractivity contribution >= 4 is 39.9 Å². The number of hydrogen-bond donors (Lipinski definition) is 2. The molecule has 1 aliphatic rings. The fourth-order valence-corrected chi connectivity index (χ4v) is 4.82. The lowest BCUT2D eigenvalue weighted by Gasteiger charge is -2.27. The topological polar surface area (TPSA) is 127 Å². The molecule has 0 bridgehead atoms. The number of halogens is 1. The zero-order valence-corrected chi connectivity index (χ0v) is 18.5. The molecule has 5 aromatic rings. The van der Waals surface area contributed by atoms with Crippen LogP contribution in [0.5, 0.6) is 0 Å². The second kappa shape index (κ2) is 7.79. The number of para-hydroxylation sites is 1. The third kappa shape index (κ3) is 3.18. The smallest absolute Gasteiger partial charge is 0.267 e. The molecule has 0 saturated carbocycles. The van der Waals surface area contributed by atoms with Crippen LogP contribution in [0.3, 0.4) is 0 Å². The van der Waals surface area contributed by atoms with Crippen molar-refractivity contribution in [2.24, 2.45) is 0 Å². The van der Waals surface area contributed by atoms with Gasteiger partial charge in [0, 0.05) is 25.4 Å². The lowest BCUT2D eigenvalue weighted by atomic mass is 10.1. The number of aliphatic hydroxyl groups is 1. The van der Waals surface area contributed by atoms with E-state index in [0.717, 1.165) is 0 Å². The van der Waals surface area contributed by atoms with Gasteiger partial charge in [-0.3, -0.25) is 9.36 Å². The minimum Gasteiger partial charge on any atom is -0.391 e. The van der Waals surface area contributed by atoms with Gasteiger partial charge < -0.3 is 15.7 Å². The molecule has 0 spiro atoms. The molecule has 1 fully saturated rings. The summed E-state index contributed by atoms with van der Waals surface area (Å²) in [7, 11) is 0. The van der Waals surface area contributed by atoms with Crippen molar-refractivity contribution in [1.82, 2.24) is 29.1 Å². The molecule has 6 rings (SSSR count). The fraction of sp³-hybridized carbons (Fsp3) is 0.174. The van der Waals surface area contributed by atoms with Crippen LogP contribution in [0.25, 0.3) is 22.2 Å². The van der Waals surface area contributed by atoms with E-state index in [1.165, 1.54) is 4.52 Å². The van der Waals surface area contributed by atoms with Crippen molar-refractivity contribution in [2.45, 2.75) is 18.6 Å². The number of benzene rings is 2. The van der Waals surface area contributed by atoms with E-state index in [2.05, 4.69) is 15.1 Å². The maximum absolute atomic E-state index is 13.8. The number of β-amino-alcohol motifs (C(OH)–C–C–N with tert-alkyl or cyclic N) is 1. The Morgan fingerprint density at radius 3 is 2.74 bits per heavy atom. The van der Waals surface area contributed by atoms with Gasteiger partial charge in [-0.2, -0.15) is 4.98 Å². The number of aromatic nitrogens is 6. The van der Waals surface area contributed by atoms with Crippen LogP contribution in [0, 0.1) is 0 Å². The second-order valence-corrected chi connectivity index (χ2v) is 8.53. The third-order valence-corrected chi connectivity index (χ3v) is 6.30. The molecule has 3 aromatic heterocycles. The highest BCUT2D eigenvalue weighted by molar-refractivity contribution is 6.35. The number of aliphatic hydroxyl groups excluding tert-OH is 1. The van der Waals surface area contributed by atoms with Crippen LogP contribution < -0.4 is 16.2 Å². The summed E-state index contributed by atoms with van der Waals surface area (Å²) in [4.78, 5) is 29.3. The van der Waals surface area contributed by atoms with E-state index >= 15 is 0 Å². The van der Waals surface area contributed by atoms with Crippen LogP contribution in [0.15, 0.2) is 65.7 Å². The highest BCUT2D eigenvalue weighted by atomic mass is 35.5. The van der Waals surface area contributed by atoms with Gasteiger partial charge in [0.2, 0.25) is 5.95 Å². The number of nitrogens with zero attached hydrogens (tertiary/aromatic N) is 7. The van der Waals surface area contributed by atoms with Gasteiger partial charge in [-0.05, 0) is 24.3 Å². The molecule has 3 N–H and O–H groups in total. The first-order valence-electron chi connectivity index (χ1n) is 10.7. The minimum absolute atomic E-state index is 0.0688. The summed E-state index contributed by atoms with van der Waals surface area (Å²) in [6.07, 6.45) is 2.94. The quantitative estimate of drug-likeness (QED) is 0.408. The molecule has 2 aromatic carbocycles. The molecule has 0 amide bonds. The summed E-state index contributed by atoms with van der Waals surface area (Å²) in [5.41, 5.74) is 7.29. The van der Waals surface area contributed by atoms with Crippen LogP contribution in [0.4, 0.5) is 11.8 Å². The number of nitrogens with two attached hydrogens (primary N) is 1. The first-order valence-corrected chi connectivity index (χ1v) is 11.1. The van der Waals surface area contributed by atoms with E-state index in [0.29, 0.717) is 45.3 Å². The predicted octanol–water partition coefficient (Wildman–Crippen LogP) is 2.37. The van der Waals surface area contributed by atoms with Gasteiger partial charge in [-0.15, -0.1) is 5.10 Å². The fourth-order valence-electron chi connectivity index (χ4n) is 4.57. The van der Waals surface area contributed by atoms with Gasteiger partial charge in [-0.1, -0.05) is 35.9 Å². The summed E-state index contributed by atoms with van der Waals surface area (Å²) in [5.74, 6) is 0.989. The second-order valence-electron chi connectivity index (χ2n) is 8.13. The molecule has 170 valence electrons. The highest BCUT2D eigenvalue weighted by Gasteiger charge is 2.38. The van der Waals surface area contributed by atoms with Crippen molar-refractivity contribution in [3.8, 4) is 5.69 Å². The molecule has 34 heavy (non-hydrogen) atoms. The molecule has 0 radical (unpaired) electrons. The largest absolute Gasteiger partial charge is 0.391 e. The van der Waals surface area contributed by atoms with Crippen LogP contribution >= 0.6 is 11.6 Å². The Hall–Kier alpha value is -4.02. The Kier molecular flexibility index (Phi) is 4.71. The summed E-state index contributed by atoms with van der Waals surface area (Å²) >= 11 is 6.41. The number of rotatable bonds is 3. The van der Waals surface area contributed by atoms with Crippen molar-refractivity contribution in [3.63, 3.8) is 0 Å². The van der Waals surface area contributed by atoms with Gasteiger partial charge in [0.25, 0.3) is 5.56 Å². The number of nitrogen functional groups attached to an aromatic ring is 1. The standard InChI is InChI=1S/C23H19ClN8O2/c24-15-7-4-8-16-18(15)22(34)32(13-5-2-1-3-6-13)19(27-16)17-11-14(33)12-30(17)21-20-26-9-10-31(20)29-23(25)28-21/h1-10,14,17,33H,11-12H2,(H2,25,29)/t14-,17-/m0/s1. The molecular formula is C23H19ClN8O2. The first kappa shape index (κ1) is 20.6. The van der Waals surface area contributed by atoms with E-state index in [-0.39, 0.29) is 18.1 Å². The Morgan fingerprint density at radius 2 is 1.91 bits per heavy atom. The van der Waals surface area contributed by atoms with Gasteiger partial charge in [0.1, 0.15) is 5.82 Å². The summed E-state index contributed by atoms with van der Waals surface area (Å²) in [6.45, 7) is 0.266. The number of imidazole rings is 1.